The number of halogens is 4. The first-order valence-corrected chi connectivity index (χ1v) is 10.0. The molecule has 182 valence electrons. The van der Waals surface area contributed by atoms with E-state index in [2.05, 4.69) is 15.8 Å². The van der Waals surface area contributed by atoms with Gasteiger partial charge in [0.2, 0.25) is 0 Å². The molecule has 0 radical (unpaired) electrons. The summed E-state index contributed by atoms with van der Waals surface area (Å²) in [5.41, 5.74) is 1.66. The Balaban J connectivity index is 1.68. The van der Waals surface area contributed by atoms with Crippen molar-refractivity contribution in [2.45, 2.75) is 6.18 Å². The van der Waals surface area contributed by atoms with Crippen molar-refractivity contribution < 1.29 is 36.6 Å². The maximum Gasteiger partial charge on any atom is 0.416 e. The summed E-state index contributed by atoms with van der Waals surface area (Å²) >= 11 is 0. The van der Waals surface area contributed by atoms with Crippen LogP contribution in [0.2, 0.25) is 0 Å². The van der Waals surface area contributed by atoms with Crippen molar-refractivity contribution in [3.05, 3.63) is 89.2 Å². The summed E-state index contributed by atoms with van der Waals surface area (Å²) in [7, 11) is 1.39. The topological polar surface area (TPSA) is 89.0 Å². The molecular formula is C24H19F4N3O4. The Kier molecular flexibility index (Phi) is 8.03. The first-order valence-electron chi connectivity index (χ1n) is 10.0. The number of benzene rings is 3. The minimum Gasteiger partial charge on any atom is -0.493 e. The molecule has 0 saturated heterocycles. The Labute approximate surface area is 197 Å². The number of anilines is 1. The van der Waals surface area contributed by atoms with E-state index in [0.717, 1.165) is 12.1 Å². The van der Waals surface area contributed by atoms with E-state index in [-0.39, 0.29) is 17.1 Å². The smallest absolute Gasteiger partial charge is 0.416 e. The Morgan fingerprint density at radius 2 is 1.74 bits per heavy atom. The highest BCUT2D eigenvalue weighted by Crippen LogP contribution is 2.31. The molecule has 35 heavy (non-hydrogen) atoms. The van der Waals surface area contributed by atoms with Crippen LogP contribution in [-0.4, -0.2) is 31.7 Å². The Morgan fingerprint density at radius 3 is 2.43 bits per heavy atom. The maximum atomic E-state index is 13.0. The van der Waals surface area contributed by atoms with Gasteiger partial charge in [0.05, 0.1) is 18.9 Å². The second kappa shape index (κ2) is 11.1. The predicted octanol–water partition coefficient (Wildman–Crippen LogP) is 4.63. The second-order valence-corrected chi connectivity index (χ2v) is 7.00. The van der Waals surface area contributed by atoms with E-state index >= 15 is 0 Å². The van der Waals surface area contributed by atoms with E-state index in [9.17, 15) is 27.2 Å². The number of nitrogens with one attached hydrogen (secondary N) is 2. The number of methoxy groups -OCH3 is 1. The summed E-state index contributed by atoms with van der Waals surface area (Å²) in [6.07, 6.45) is -3.39. The van der Waals surface area contributed by atoms with Gasteiger partial charge >= 0.3 is 6.18 Å². The molecular weight excluding hydrogens is 470 g/mol. The van der Waals surface area contributed by atoms with Crippen molar-refractivity contribution in [3.8, 4) is 11.5 Å². The van der Waals surface area contributed by atoms with Crippen LogP contribution in [0.3, 0.4) is 0 Å². The Bertz CT molecular complexity index is 1230. The molecule has 0 spiro atoms. The number of alkyl halides is 3. The summed E-state index contributed by atoms with van der Waals surface area (Å²) in [5, 5.41) is 6.32. The van der Waals surface area contributed by atoms with Crippen molar-refractivity contribution in [3.63, 3.8) is 0 Å². The van der Waals surface area contributed by atoms with Gasteiger partial charge in [0.1, 0.15) is 5.82 Å². The van der Waals surface area contributed by atoms with Gasteiger partial charge in [-0.05, 0) is 54.6 Å². The van der Waals surface area contributed by atoms with Gasteiger partial charge in [0.15, 0.2) is 18.1 Å². The third kappa shape index (κ3) is 7.03. The monoisotopic (exact) mass is 489 g/mol. The molecule has 2 amide bonds. The molecule has 0 saturated carbocycles. The van der Waals surface area contributed by atoms with Crippen molar-refractivity contribution >= 4 is 23.7 Å². The summed E-state index contributed by atoms with van der Waals surface area (Å²) in [5.74, 6) is -1.41. The van der Waals surface area contributed by atoms with Gasteiger partial charge in [0.25, 0.3) is 11.8 Å². The van der Waals surface area contributed by atoms with Gasteiger partial charge in [-0.25, -0.2) is 9.82 Å². The van der Waals surface area contributed by atoms with Crippen LogP contribution in [-0.2, 0) is 11.0 Å². The summed E-state index contributed by atoms with van der Waals surface area (Å²) in [4.78, 5) is 24.4. The molecule has 3 aromatic carbocycles. The van der Waals surface area contributed by atoms with E-state index in [1.807, 2.05) is 0 Å². The number of nitrogens with zero attached hydrogens (tertiary/aromatic N) is 1. The number of carbonyl (C=O) groups excluding carboxylic acids is 2. The Hall–Kier alpha value is -4.41. The lowest BCUT2D eigenvalue weighted by molar-refractivity contribution is -0.137. The molecule has 0 aliphatic heterocycles. The third-order valence-corrected chi connectivity index (χ3v) is 4.53. The van der Waals surface area contributed by atoms with Crippen molar-refractivity contribution in [1.29, 1.82) is 0 Å². The van der Waals surface area contributed by atoms with Gasteiger partial charge in [-0.2, -0.15) is 18.3 Å². The highest BCUT2D eigenvalue weighted by molar-refractivity contribution is 5.95. The fourth-order valence-electron chi connectivity index (χ4n) is 2.88. The van der Waals surface area contributed by atoms with Crippen molar-refractivity contribution in [1.82, 2.24) is 5.43 Å². The second-order valence-electron chi connectivity index (χ2n) is 7.00. The fourth-order valence-corrected chi connectivity index (χ4v) is 2.88. The highest BCUT2D eigenvalue weighted by atomic mass is 19.4. The molecule has 0 heterocycles. The first-order chi connectivity index (χ1) is 16.7. The molecule has 3 aromatic rings. The molecule has 0 aliphatic rings. The third-order valence-electron chi connectivity index (χ3n) is 4.53. The summed E-state index contributed by atoms with van der Waals surface area (Å²) in [6.45, 7) is -0.421. The van der Waals surface area contributed by atoms with Crippen molar-refractivity contribution in [2.75, 3.05) is 19.0 Å². The van der Waals surface area contributed by atoms with Crippen LogP contribution in [0, 0.1) is 5.82 Å². The van der Waals surface area contributed by atoms with Crippen LogP contribution in [0.25, 0.3) is 0 Å². The normalized spacial score (nSPS) is 11.2. The lowest BCUT2D eigenvalue weighted by Crippen LogP contribution is -2.21. The molecule has 0 fully saturated rings. The zero-order valence-corrected chi connectivity index (χ0v) is 18.2. The molecule has 0 aromatic heterocycles. The highest BCUT2D eigenvalue weighted by Gasteiger charge is 2.30. The average Bonchev–Trinajstić information content (AvgIpc) is 2.84. The molecule has 11 heteroatoms. The van der Waals surface area contributed by atoms with Gasteiger partial charge < -0.3 is 14.8 Å². The SMILES string of the molecule is COc1cccc(/C=N\NC(=O)c2cccc(C(F)(F)F)c2)c1OCC(=O)Nc1ccc(F)cc1. The van der Waals surface area contributed by atoms with E-state index < -0.39 is 36.0 Å². The number of amides is 2. The number of hydrazone groups is 1. The lowest BCUT2D eigenvalue weighted by Gasteiger charge is -2.13. The maximum absolute atomic E-state index is 13.0. The summed E-state index contributed by atoms with van der Waals surface area (Å²) in [6, 6.07) is 13.8. The first kappa shape index (κ1) is 25.2. The largest absolute Gasteiger partial charge is 0.493 e. The van der Waals surface area contributed by atoms with Crippen LogP contribution in [0.15, 0.2) is 71.8 Å². The quantitative estimate of drug-likeness (QED) is 0.274. The van der Waals surface area contributed by atoms with Gasteiger partial charge in [-0.3, -0.25) is 9.59 Å². The number of para-hydroxylation sites is 1. The van der Waals surface area contributed by atoms with Gasteiger partial charge in [0, 0.05) is 16.8 Å². The molecule has 0 atom stereocenters. The molecule has 2 N–H and O–H groups in total. The van der Waals surface area contributed by atoms with E-state index in [0.29, 0.717) is 17.3 Å². The Morgan fingerprint density at radius 1 is 1.03 bits per heavy atom. The summed E-state index contributed by atoms with van der Waals surface area (Å²) < 4.78 is 62.4. The van der Waals surface area contributed by atoms with Crippen LogP contribution < -0.4 is 20.2 Å². The van der Waals surface area contributed by atoms with E-state index in [1.165, 1.54) is 43.7 Å². The van der Waals surface area contributed by atoms with Crippen LogP contribution in [0.1, 0.15) is 21.5 Å². The van der Waals surface area contributed by atoms with Crippen LogP contribution >= 0.6 is 0 Å². The number of carbonyl (C=O) groups is 2. The fraction of sp³-hybridized carbons (Fsp3) is 0.125. The van der Waals surface area contributed by atoms with Gasteiger partial charge in [-0.1, -0.05) is 12.1 Å². The number of hydrogen-bond donors (Lipinski definition) is 2. The number of rotatable bonds is 8. The van der Waals surface area contributed by atoms with Crippen molar-refractivity contribution in [2.24, 2.45) is 5.10 Å². The minimum absolute atomic E-state index is 0.140. The molecule has 7 nitrogen and oxygen atoms in total. The number of ether oxygens (including phenoxy) is 2. The van der Waals surface area contributed by atoms with E-state index in [4.69, 9.17) is 9.47 Å². The number of hydrogen-bond acceptors (Lipinski definition) is 5. The minimum atomic E-state index is -4.59. The zero-order valence-electron chi connectivity index (χ0n) is 18.2. The molecule has 0 aliphatic carbocycles. The predicted molar refractivity (Wildman–Crippen MR) is 120 cm³/mol. The standard InChI is InChI=1S/C24H19F4N3O4/c1-34-20-7-3-5-16(22(20)35-14-21(32)30-19-10-8-18(25)9-11-19)13-29-31-23(33)15-4-2-6-17(12-15)24(26,27)28/h2-13H,14H2,1H3,(H,30,32)(H,31,33)/b29-13-. The lowest BCUT2D eigenvalue weighted by atomic mass is 10.1. The molecule has 0 unspecified atom stereocenters. The average molecular weight is 489 g/mol. The van der Waals surface area contributed by atoms with E-state index in [1.54, 1.807) is 18.2 Å². The van der Waals surface area contributed by atoms with Crippen LogP contribution in [0.4, 0.5) is 23.2 Å². The van der Waals surface area contributed by atoms with Gasteiger partial charge in [-0.15, -0.1) is 0 Å². The molecule has 0 bridgehead atoms. The zero-order chi connectivity index (χ0) is 25.4. The molecule has 3 rings (SSSR count). The van der Waals surface area contributed by atoms with Crippen LogP contribution in [0.5, 0.6) is 11.5 Å².